The topological polar surface area (TPSA) is 83.8 Å². The maximum Gasteiger partial charge on any atom is 0.573 e. The van der Waals surface area contributed by atoms with Gasteiger partial charge in [-0.3, -0.25) is 4.79 Å². The van der Waals surface area contributed by atoms with E-state index >= 15 is 0 Å². The summed E-state index contributed by atoms with van der Waals surface area (Å²) < 4.78 is 39.4. The zero-order chi connectivity index (χ0) is 13.9. The van der Waals surface area contributed by atoms with Gasteiger partial charge in [-0.15, -0.1) is 13.2 Å². The third-order valence-electron chi connectivity index (χ3n) is 1.85. The second kappa shape index (κ2) is 4.94. The molecule has 0 saturated carbocycles. The van der Waals surface area contributed by atoms with Crippen LogP contribution in [-0.2, 0) is 16.0 Å². The Morgan fingerprint density at radius 2 is 1.89 bits per heavy atom. The lowest BCUT2D eigenvalue weighted by Gasteiger charge is -2.11. The van der Waals surface area contributed by atoms with Crippen LogP contribution in [0.2, 0.25) is 0 Å². The first-order chi connectivity index (χ1) is 8.19. The molecule has 2 N–H and O–H groups in total. The normalized spacial score (nSPS) is 11.1. The zero-order valence-electron chi connectivity index (χ0n) is 8.69. The minimum atomic E-state index is -4.99. The zero-order valence-corrected chi connectivity index (χ0v) is 8.69. The van der Waals surface area contributed by atoms with Gasteiger partial charge in [0, 0.05) is 6.42 Å². The third-order valence-corrected chi connectivity index (χ3v) is 1.85. The number of aliphatic carboxylic acids is 1. The molecule has 0 aliphatic rings. The van der Waals surface area contributed by atoms with Crippen LogP contribution >= 0.6 is 0 Å². The number of carboxylic acids is 1. The number of ketones is 1. The number of alkyl halides is 3. The third kappa shape index (κ3) is 3.96. The Labute approximate surface area is 98.4 Å². The van der Waals surface area contributed by atoms with E-state index in [9.17, 15) is 22.8 Å². The highest BCUT2D eigenvalue weighted by molar-refractivity contribution is 6.33. The van der Waals surface area contributed by atoms with Gasteiger partial charge in [0.2, 0.25) is 5.78 Å². The van der Waals surface area contributed by atoms with Gasteiger partial charge in [0.15, 0.2) is 11.5 Å². The number of ether oxygens (including phenoxy) is 1. The van der Waals surface area contributed by atoms with E-state index in [0.717, 1.165) is 18.2 Å². The number of aromatic hydroxyl groups is 1. The van der Waals surface area contributed by atoms with E-state index in [-0.39, 0.29) is 5.56 Å². The number of rotatable bonds is 4. The highest BCUT2D eigenvalue weighted by Crippen LogP contribution is 2.32. The van der Waals surface area contributed by atoms with E-state index in [4.69, 9.17) is 10.2 Å². The van der Waals surface area contributed by atoms with Crippen LogP contribution < -0.4 is 4.74 Å². The Hall–Kier alpha value is -2.25. The van der Waals surface area contributed by atoms with Crippen LogP contribution in [0, 0.1) is 0 Å². The Morgan fingerprint density at radius 3 is 2.39 bits per heavy atom. The first-order valence-electron chi connectivity index (χ1n) is 4.53. The molecular formula is C10H7F3O5. The molecule has 0 aliphatic carbocycles. The first-order valence-corrected chi connectivity index (χ1v) is 4.53. The molecule has 0 radical (unpaired) electrons. The standard InChI is InChI=1S/C10H7F3O5/c11-10(12,13)18-8-4-5(1-2-6(8)14)3-7(15)9(16)17/h1-2,4,14H,3H2,(H,16,17). The quantitative estimate of drug-likeness (QED) is 0.805. The molecule has 5 nitrogen and oxygen atoms in total. The summed E-state index contributed by atoms with van der Waals surface area (Å²) in [4.78, 5) is 21.1. The van der Waals surface area contributed by atoms with Crippen LogP contribution in [0.5, 0.6) is 11.5 Å². The van der Waals surface area contributed by atoms with Crippen LogP contribution in [0.3, 0.4) is 0 Å². The molecule has 8 heteroatoms. The van der Waals surface area contributed by atoms with Gasteiger partial charge in [-0.05, 0) is 17.7 Å². The summed E-state index contributed by atoms with van der Waals surface area (Å²) in [6.07, 6.45) is -5.59. The monoisotopic (exact) mass is 264 g/mol. The molecule has 1 aromatic carbocycles. The average Bonchev–Trinajstić information content (AvgIpc) is 2.20. The molecule has 0 fully saturated rings. The lowest BCUT2D eigenvalue weighted by atomic mass is 10.1. The molecule has 0 spiro atoms. The van der Waals surface area contributed by atoms with Crippen molar-refractivity contribution >= 4 is 11.8 Å². The van der Waals surface area contributed by atoms with E-state index in [0.29, 0.717) is 0 Å². The summed E-state index contributed by atoms with van der Waals surface area (Å²) in [6, 6.07) is 2.76. The van der Waals surface area contributed by atoms with E-state index < -0.39 is 36.0 Å². The minimum absolute atomic E-state index is 0.0144. The Kier molecular flexibility index (Phi) is 3.79. The van der Waals surface area contributed by atoms with Crippen molar-refractivity contribution in [3.05, 3.63) is 23.8 Å². The first kappa shape index (κ1) is 13.8. The number of phenolic OH excluding ortho intramolecular Hbond substituents is 1. The van der Waals surface area contributed by atoms with E-state index in [1.165, 1.54) is 0 Å². The second-order valence-corrected chi connectivity index (χ2v) is 3.25. The summed E-state index contributed by atoms with van der Waals surface area (Å²) in [7, 11) is 0. The van der Waals surface area contributed by atoms with Crippen LogP contribution in [-0.4, -0.2) is 28.3 Å². The van der Waals surface area contributed by atoms with Crippen molar-refractivity contribution in [1.82, 2.24) is 0 Å². The number of phenols is 1. The number of carboxylic acid groups (broad SMARTS) is 1. The molecule has 0 unspecified atom stereocenters. The summed E-state index contributed by atoms with van der Waals surface area (Å²) in [6.45, 7) is 0. The van der Waals surface area contributed by atoms with Gasteiger partial charge in [0.25, 0.3) is 0 Å². The number of Topliss-reactive ketones (excluding diaryl/α,β-unsaturated/α-hetero) is 1. The van der Waals surface area contributed by atoms with Crippen LogP contribution in [0.25, 0.3) is 0 Å². The van der Waals surface area contributed by atoms with Gasteiger partial charge in [-0.25, -0.2) is 4.79 Å². The highest BCUT2D eigenvalue weighted by Gasteiger charge is 2.32. The summed E-state index contributed by atoms with van der Waals surface area (Å²) in [5.41, 5.74) is -0.0144. The number of carbonyl (C=O) groups is 2. The smallest absolute Gasteiger partial charge is 0.504 e. The SMILES string of the molecule is O=C(O)C(=O)Cc1ccc(O)c(OC(F)(F)F)c1. The number of carbonyl (C=O) groups excluding carboxylic acids is 1. The van der Waals surface area contributed by atoms with E-state index in [1.54, 1.807) is 0 Å². The van der Waals surface area contributed by atoms with Crippen molar-refractivity contribution in [1.29, 1.82) is 0 Å². The maximum atomic E-state index is 11.9. The van der Waals surface area contributed by atoms with Crippen molar-refractivity contribution in [2.45, 2.75) is 12.8 Å². The molecule has 98 valence electrons. The van der Waals surface area contributed by atoms with Crippen molar-refractivity contribution in [2.75, 3.05) is 0 Å². The number of hydrogen-bond acceptors (Lipinski definition) is 4. The molecular weight excluding hydrogens is 257 g/mol. The molecule has 0 aromatic heterocycles. The number of halogens is 3. The van der Waals surface area contributed by atoms with Crippen LogP contribution in [0.1, 0.15) is 5.56 Å². The summed E-state index contributed by atoms with van der Waals surface area (Å²) in [5, 5.41) is 17.5. The van der Waals surface area contributed by atoms with Crippen molar-refractivity contribution in [3.63, 3.8) is 0 Å². The maximum absolute atomic E-state index is 11.9. The second-order valence-electron chi connectivity index (χ2n) is 3.25. The molecule has 0 heterocycles. The fourth-order valence-electron chi connectivity index (χ4n) is 1.14. The predicted octanol–water partition coefficient (Wildman–Crippen LogP) is 1.49. The highest BCUT2D eigenvalue weighted by atomic mass is 19.4. The Balaban J connectivity index is 2.94. The van der Waals surface area contributed by atoms with Crippen molar-refractivity contribution < 1.29 is 37.7 Å². The molecule has 1 aromatic rings. The van der Waals surface area contributed by atoms with E-state index in [2.05, 4.69) is 4.74 Å². The molecule has 0 atom stereocenters. The molecule has 18 heavy (non-hydrogen) atoms. The van der Waals surface area contributed by atoms with E-state index in [1.807, 2.05) is 0 Å². The fourth-order valence-corrected chi connectivity index (χ4v) is 1.14. The molecule has 0 aliphatic heterocycles. The largest absolute Gasteiger partial charge is 0.573 e. The van der Waals surface area contributed by atoms with Gasteiger partial charge < -0.3 is 14.9 Å². The molecule has 1 rings (SSSR count). The van der Waals surface area contributed by atoms with Crippen molar-refractivity contribution in [2.24, 2.45) is 0 Å². The van der Waals surface area contributed by atoms with Gasteiger partial charge in [0.05, 0.1) is 0 Å². The van der Waals surface area contributed by atoms with Gasteiger partial charge >= 0.3 is 12.3 Å². The average molecular weight is 264 g/mol. The number of benzene rings is 1. The van der Waals surface area contributed by atoms with Gasteiger partial charge in [0.1, 0.15) is 0 Å². The predicted molar refractivity (Wildman–Crippen MR) is 51.1 cm³/mol. The lowest BCUT2D eigenvalue weighted by molar-refractivity contribution is -0.275. The molecule has 0 bridgehead atoms. The summed E-state index contributed by atoms with van der Waals surface area (Å²) >= 11 is 0. The number of hydrogen-bond donors (Lipinski definition) is 2. The molecule has 0 amide bonds. The molecule has 0 saturated heterocycles. The lowest BCUT2D eigenvalue weighted by Crippen LogP contribution is -2.18. The Morgan fingerprint density at radius 1 is 1.28 bits per heavy atom. The minimum Gasteiger partial charge on any atom is -0.504 e. The van der Waals surface area contributed by atoms with Gasteiger partial charge in [-0.2, -0.15) is 0 Å². The van der Waals surface area contributed by atoms with Crippen LogP contribution in [0.4, 0.5) is 13.2 Å². The fraction of sp³-hybridized carbons (Fsp3) is 0.200. The van der Waals surface area contributed by atoms with Crippen molar-refractivity contribution in [3.8, 4) is 11.5 Å². The Bertz CT molecular complexity index is 481. The van der Waals surface area contributed by atoms with Gasteiger partial charge in [-0.1, -0.05) is 6.07 Å². The summed E-state index contributed by atoms with van der Waals surface area (Å²) in [5.74, 6) is -4.53. The van der Waals surface area contributed by atoms with Crippen LogP contribution in [0.15, 0.2) is 18.2 Å².